The van der Waals surface area contributed by atoms with Gasteiger partial charge in [-0.3, -0.25) is 4.79 Å². The van der Waals surface area contributed by atoms with Crippen molar-refractivity contribution in [1.29, 1.82) is 0 Å². The quantitative estimate of drug-likeness (QED) is 0.306. The molecule has 0 heterocycles. The molecule has 2 aromatic rings. The number of anilines is 2. The van der Waals surface area contributed by atoms with E-state index in [1.54, 1.807) is 18.2 Å². The Morgan fingerprint density at radius 1 is 1.12 bits per heavy atom. The third-order valence-corrected chi connectivity index (χ3v) is 7.22. The molecule has 2 N–H and O–H groups in total. The number of carbonyl (C=O) groups is 1. The number of hydrogen-bond acceptors (Lipinski definition) is 4. The Labute approximate surface area is 212 Å². The molecule has 1 aliphatic rings. The Kier molecular flexibility index (Phi) is 10.5. The van der Waals surface area contributed by atoms with Crippen LogP contribution < -0.4 is 5.32 Å². The average molecular weight is 518 g/mol. The van der Waals surface area contributed by atoms with Crippen LogP contribution in [0, 0.1) is 0 Å². The van der Waals surface area contributed by atoms with Crippen LogP contribution in [0.25, 0.3) is 0 Å². The zero-order valence-corrected chi connectivity index (χ0v) is 21.4. The number of carboxylic acid groups (broad SMARTS) is 1. The van der Waals surface area contributed by atoms with Crippen LogP contribution in [0.4, 0.5) is 11.4 Å². The first-order valence-electron chi connectivity index (χ1n) is 10.7. The number of benzene rings is 2. The van der Waals surface area contributed by atoms with Gasteiger partial charge in [-0.25, -0.2) is 0 Å². The second kappa shape index (κ2) is 12.4. The van der Waals surface area contributed by atoms with Gasteiger partial charge in [-0.15, -0.1) is 12.4 Å². The van der Waals surface area contributed by atoms with Crippen molar-refractivity contribution in [2.45, 2.75) is 49.2 Å². The maximum Gasteiger partial charge on any atom is 0.311 e. The van der Waals surface area contributed by atoms with Crippen molar-refractivity contribution in [2.24, 2.45) is 0 Å². The monoisotopic (exact) mass is 516 g/mol. The molecule has 1 atom stereocenters. The molecule has 1 unspecified atom stereocenters. The lowest BCUT2D eigenvalue weighted by molar-refractivity contribution is -0.139. The number of carboxylic acids is 1. The van der Waals surface area contributed by atoms with Gasteiger partial charge in [-0.05, 0) is 56.6 Å². The summed E-state index contributed by atoms with van der Waals surface area (Å²) in [5, 5.41) is 14.2. The summed E-state index contributed by atoms with van der Waals surface area (Å²) in [5.41, 5.74) is 2.00. The van der Waals surface area contributed by atoms with Crippen LogP contribution in [0.15, 0.2) is 42.5 Å². The smallest absolute Gasteiger partial charge is 0.311 e. The summed E-state index contributed by atoms with van der Waals surface area (Å²) < 4.78 is 0.0337. The maximum atomic E-state index is 12.2. The topological polar surface area (TPSA) is 52.6 Å². The molecule has 176 valence electrons. The van der Waals surface area contributed by atoms with Gasteiger partial charge in [0.25, 0.3) is 0 Å². The largest absolute Gasteiger partial charge is 0.481 e. The van der Waals surface area contributed by atoms with Crippen LogP contribution in [0.1, 0.15) is 50.0 Å². The van der Waals surface area contributed by atoms with Gasteiger partial charge in [0, 0.05) is 17.0 Å². The van der Waals surface area contributed by atoms with Gasteiger partial charge in [0.15, 0.2) is 0 Å². The summed E-state index contributed by atoms with van der Waals surface area (Å²) in [4.78, 5) is 14.4. The van der Waals surface area contributed by atoms with E-state index in [9.17, 15) is 9.90 Å². The van der Waals surface area contributed by atoms with Crippen molar-refractivity contribution in [3.8, 4) is 0 Å². The van der Waals surface area contributed by atoms with Crippen molar-refractivity contribution >= 4 is 65.6 Å². The van der Waals surface area contributed by atoms with Gasteiger partial charge < -0.3 is 15.3 Å². The van der Waals surface area contributed by atoms with Crippen molar-refractivity contribution in [2.75, 3.05) is 25.5 Å². The predicted molar refractivity (Wildman–Crippen MR) is 141 cm³/mol. The van der Waals surface area contributed by atoms with E-state index >= 15 is 0 Å². The van der Waals surface area contributed by atoms with Gasteiger partial charge in [0.1, 0.15) is 0 Å². The lowest BCUT2D eigenvalue weighted by Gasteiger charge is -2.36. The molecule has 3 rings (SSSR count). The minimum absolute atomic E-state index is 0. The van der Waals surface area contributed by atoms with Gasteiger partial charge in [-0.1, -0.05) is 66.7 Å². The summed E-state index contributed by atoms with van der Waals surface area (Å²) >= 11 is 17.6. The van der Waals surface area contributed by atoms with Gasteiger partial charge >= 0.3 is 5.97 Å². The third-order valence-electron chi connectivity index (χ3n) is 6.00. The molecule has 1 aliphatic carbocycles. The molecule has 0 aliphatic heterocycles. The van der Waals surface area contributed by atoms with Crippen molar-refractivity contribution in [3.63, 3.8) is 0 Å². The number of rotatable bonds is 9. The van der Waals surface area contributed by atoms with Crippen LogP contribution in [0.5, 0.6) is 0 Å². The highest BCUT2D eigenvalue weighted by Crippen LogP contribution is 2.37. The Morgan fingerprint density at radius 2 is 1.75 bits per heavy atom. The number of halogens is 3. The van der Waals surface area contributed by atoms with Gasteiger partial charge in [0.2, 0.25) is 0 Å². The Balaban J connectivity index is 0.00000363. The fourth-order valence-electron chi connectivity index (χ4n) is 4.38. The normalized spacial score (nSPS) is 16.3. The highest BCUT2D eigenvalue weighted by Gasteiger charge is 2.30. The molecular formula is C24H31Cl3N2O2S. The number of thiol groups is 1. The van der Waals surface area contributed by atoms with Crippen LogP contribution >= 0.6 is 48.2 Å². The van der Waals surface area contributed by atoms with Crippen molar-refractivity contribution < 1.29 is 9.90 Å². The molecule has 2 aromatic carbocycles. The summed E-state index contributed by atoms with van der Waals surface area (Å²) in [6.45, 7) is 1.55. The lowest BCUT2D eigenvalue weighted by Crippen LogP contribution is -2.39. The summed E-state index contributed by atoms with van der Waals surface area (Å²) in [6, 6.07) is 12.7. The molecule has 4 nitrogen and oxygen atoms in total. The first-order valence-corrected chi connectivity index (χ1v) is 11.9. The summed E-state index contributed by atoms with van der Waals surface area (Å²) in [7, 11) is 2.05. The maximum absolute atomic E-state index is 12.2. The van der Waals surface area contributed by atoms with Crippen molar-refractivity contribution in [3.05, 3.63) is 58.1 Å². The van der Waals surface area contributed by atoms with E-state index < -0.39 is 11.9 Å². The van der Waals surface area contributed by atoms with Gasteiger partial charge in [-0.2, -0.15) is 12.6 Å². The molecule has 8 heteroatoms. The number of nitrogens with zero attached hydrogens (tertiary/aromatic N) is 1. The average Bonchev–Trinajstić information content (AvgIpc) is 2.72. The Bertz CT molecular complexity index is 886. The number of hydrogen-bond donors (Lipinski definition) is 3. The zero-order valence-electron chi connectivity index (χ0n) is 18.2. The van der Waals surface area contributed by atoms with Crippen LogP contribution in [0.2, 0.25) is 10.0 Å². The molecule has 0 radical (unpaired) electrons. The first kappa shape index (κ1) is 27.1. The molecule has 0 bridgehead atoms. The minimum atomic E-state index is -0.842. The fourth-order valence-corrected chi connectivity index (χ4v) is 5.43. The molecular weight excluding hydrogens is 487 g/mol. The van der Waals surface area contributed by atoms with Crippen LogP contribution in [0.3, 0.4) is 0 Å². The van der Waals surface area contributed by atoms with Crippen LogP contribution in [-0.2, 0) is 4.79 Å². The van der Waals surface area contributed by atoms with Crippen molar-refractivity contribution in [1.82, 2.24) is 4.90 Å². The van der Waals surface area contributed by atoms with E-state index in [-0.39, 0.29) is 17.2 Å². The highest BCUT2D eigenvalue weighted by atomic mass is 35.5. The van der Waals surface area contributed by atoms with Crippen LogP contribution in [-0.4, -0.2) is 40.9 Å². The molecule has 0 spiro atoms. The standard InChI is InChI=1S/C24H30Cl2N2O2S.ClH/c1-28(16-24(31)13-5-2-6-14-24)15-12-18(23(29)30)17-8-3-4-11-21(17)27-22-19(25)9-7-10-20(22)26;/h3-4,7-11,18,27,31H,2,5-6,12-16H2,1H3,(H,29,30);1H. The second-order valence-electron chi connectivity index (χ2n) is 8.51. The molecule has 1 saturated carbocycles. The Morgan fingerprint density at radius 3 is 2.38 bits per heavy atom. The van der Waals surface area contributed by atoms with E-state index in [1.165, 1.54) is 19.3 Å². The second-order valence-corrected chi connectivity index (χ2v) is 10.3. The highest BCUT2D eigenvalue weighted by molar-refractivity contribution is 7.81. The van der Waals surface area contributed by atoms with E-state index in [4.69, 9.17) is 35.8 Å². The van der Waals surface area contributed by atoms with Gasteiger partial charge in [0.05, 0.1) is 21.7 Å². The van der Waals surface area contributed by atoms with E-state index in [2.05, 4.69) is 17.3 Å². The molecule has 0 amide bonds. The van der Waals surface area contributed by atoms with E-state index in [0.717, 1.165) is 24.9 Å². The lowest BCUT2D eigenvalue weighted by atomic mass is 9.87. The summed E-state index contributed by atoms with van der Waals surface area (Å²) in [5.74, 6) is -1.49. The Hall–Kier alpha value is -1.11. The molecule has 0 aromatic heterocycles. The number of aliphatic carboxylic acids is 1. The first-order chi connectivity index (χ1) is 14.8. The number of para-hydroxylation sites is 2. The summed E-state index contributed by atoms with van der Waals surface area (Å²) in [6.07, 6.45) is 6.47. The van der Waals surface area contributed by atoms with E-state index in [0.29, 0.717) is 34.4 Å². The SMILES string of the molecule is CN(CCC(C(=O)O)c1ccccc1Nc1c(Cl)cccc1Cl)CC1(S)CCCCC1.Cl. The predicted octanol–water partition coefficient (Wildman–Crippen LogP) is 7.28. The third kappa shape index (κ3) is 7.19. The zero-order chi connectivity index (χ0) is 22.4. The minimum Gasteiger partial charge on any atom is -0.481 e. The molecule has 0 saturated heterocycles. The fraction of sp³-hybridized carbons (Fsp3) is 0.458. The van der Waals surface area contributed by atoms with E-state index in [1.807, 2.05) is 24.3 Å². The molecule has 32 heavy (non-hydrogen) atoms. The number of nitrogens with one attached hydrogen (secondary N) is 1. The molecule has 1 fully saturated rings.